The minimum absolute atomic E-state index is 0.0649. The van der Waals surface area contributed by atoms with E-state index in [0.29, 0.717) is 15.9 Å². The van der Waals surface area contributed by atoms with Gasteiger partial charge in [0.2, 0.25) is 11.8 Å². The molecule has 1 aliphatic rings. The first-order valence-corrected chi connectivity index (χ1v) is 9.36. The standard InChI is InChI=1S/C19H18ClN3O2S/c1-11-6-8-13(9-7-11)21-19-23-18(25)16(26-19)10-17(24)22-15-5-3-4-14(20)12(15)2/h3-9,16H,10H2,1-2H3,(H,22,24)(H,21,23,25)/t16-/m0/s1. The van der Waals surface area contributed by atoms with E-state index >= 15 is 0 Å². The van der Waals surface area contributed by atoms with Gasteiger partial charge in [-0.15, -0.1) is 0 Å². The Balaban J connectivity index is 1.63. The lowest BCUT2D eigenvalue weighted by atomic mass is 10.2. The summed E-state index contributed by atoms with van der Waals surface area (Å²) < 4.78 is 0. The molecule has 1 atom stereocenters. The van der Waals surface area contributed by atoms with Crippen molar-refractivity contribution < 1.29 is 9.59 Å². The van der Waals surface area contributed by atoms with E-state index in [4.69, 9.17) is 11.6 Å². The van der Waals surface area contributed by atoms with Crippen molar-refractivity contribution in [1.82, 2.24) is 5.32 Å². The number of carbonyl (C=O) groups is 2. The van der Waals surface area contributed by atoms with Crippen LogP contribution in [0.25, 0.3) is 0 Å². The first-order valence-electron chi connectivity index (χ1n) is 8.10. The zero-order chi connectivity index (χ0) is 18.7. The molecule has 1 aliphatic heterocycles. The predicted octanol–water partition coefficient (Wildman–Crippen LogP) is 4.20. The Labute approximate surface area is 161 Å². The molecule has 0 radical (unpaired) electrons. The van der Waals surface area contributed by atoms with Crippen LogP contribution in [0, 0.1) is 13.8 Å². The van der Waals surface area contributed by atoms with Gasteiger partial charge in [-0.25, -0.2) is 4.99 Å². The Morgan fingerprint density at radius 1 is 1.23 bits per heavy atom. The summed E-state index contributed by atoms with van der Waals surface area (Å²) in [6.45, 7) is 3.83. The fourth-order valence-electron chi connectivity index (χ4n) is 2.44. The second-order valence-corrected chi connectivity index (χ2v) is 7.61. The van der Waals surface area contributed by atoms with Crippen molar-refractivity contribution in [2.75, 3.05) is 5.32 Å². The van der Waals surface area contributed by atoms with Gasteiger partial charge < -0.3 is 10.6 Å². The van der Waals surface area contributed by atoms with Crippen LogP contribution >= 0.6 is 23.4 Å². The summed E-state index contributed by atoms with van der Waals surface area (Å²) in [5, 5.41) is 6.14. The molecular weight excluding hydrogens is 370 g/mol. The number of halogens is 1. The number of nitrogens with one attached hydrogen (secondary N) is 2. The Morgan fingerprint density at radius 3 is 2.69 bits per heavy atom. The molecule has 2 aromatic carbocycles. The quantitative estimate of drug-likeness (QED) is 0.825. The average Bonchev–Trinajstić information content (AvgIpc) is 2.93. The third kappa shape index (κ3) is 4.45. The van der Waals surface area contributed by atoms with Crippen molar-refractivity contribution in [2.45, 2.75) is 25.5 Å². The molecule has 2 amide bonds. The molecule has 0 unspecified atom stereocenters. The van der Waals surface area contributed by atoms with E-state index in [1.54, 1.807) is 18.2 Å². The van der Waals surface area contributed by atoms with Crippen molar-refractivity contribution in [3.05, 3.63) is 58.6 Å². The number of benzene rings is 2. The van der Waals surface area contributed by atoms with Gasteiger partial charge in [0.1, 0.15) is 5.25 Å². The largest absolute Gasteiger partial charge is 0.326 e. The Hall–Kier alpha value is -2.31. The molecule has 134 valence electrons. The number of thioether (sulfide) groups is 1. The molecule has 5 nitrogen and oxygen atoms in total. The van der Waals surface area contributed by atoms with Crippen LogP contribution < -0.4 is 10.6 Å². The average molecular weight is 388 g/mol. The van der Waals surface area contributed by atoms with Crippen LogP contribution in [0.4, 0.5) is 11.4 Å². The number of aliphatic imine (C=N–C) groups is 1. The van der Waals surface area contributed by atoms with E-state index in [0.717, 1.165) is 16.8 Å². The fourth-order valence-corrected chi connectivity index (χ4v) is 3.60. The molecule has 1 fully saturated rings. The molecule has 0 bridgehead atoms. The zero-order valence-corrected chi connectivity index (χ0v) is 15.9. The maximum Gasteiger partial charge on any atom is 0.240 e. The molecule has 0 aromatic heterocycles. The highest BCUT2D eigenvalue weighted by molar-refractivity contribution is 8.15. The summed E-state index contributed by atoms with van der Waals surface area (Å²) in [6.07, 6.45) is 0.0649. The molecule has 0 saturated carbocycles. The lowest BCUT2D eigenvalue weighted by Crippen LogP contribution is -2.28. The van der Waals surface area contributed by atoms with Crippen molar-refractivity contribution in [3.8, 4) is 0 Å². The third-order valence-electron chi connectivity index (χ3n) is 3.95. The monoisotopic (exact) mass is 387 g/mol. The van der Waals surface area contributed by atoms with Crippen molar-refractivity contribution >= 4 is 51.7 Å². The predicted molar refractivity (Wildman–Crippen MR) is 107 cm³/mol. The van der Waals surface area contributed by atoms with Gasteiger partial charge in [-0.1, -0.05) is 47.1 Å². The number of hydrogen-bond acceptors (Lipinski definition) is 4. The molecule has 0 aliphatic carbocycles. The van der Waals surface area contributed by atoms with E-state index < -0.39 is 5.25 Å². The second-order valence-electron chi connectivity index (χ2n) is 6.01. The molecule has 3 rings (SSSR count). The SMILES string of the molecule is Cc1ccc(N=C2NC(=O)[C@H](CC(=O)Nc3cccc(Cl)c3C)S2)cc1. The van der Waals surface area contributed by atoms with E-state index in [1.807, 2.05) is 38.1 Å². The van der Waals surface area contributed by atoms with Crippen molar-refractivity contribution in [1.29, 1.82) is 0 Å². The molecule has 0 spiro atoms. The van der Waals surface area contributed by atoms with Gasteiger partial charge in [0, 0.05) is 17.1 Å². The van der Waals surface area contributed by atoms with Gasteiger partial charge in [-0.2, -0.15) is 0 Å². The van der Waals surface area contributed by atoms with Crippen LogP contribution in [0.15, 0.2) is 47.5 Å². The normalized spacial score (nSPS) is 18.0. The van der Waals surface area contributed by atoms with E-state index in [2.05, 4.69) is 15.6 Å². The number of nitrogens with zero attached hydrogens (tertiary/aromatic N) is 1. The number of anilines is 1. The van der Waals surface area contributed by atoms with E-state index in [1.165, 1.54) is 11.8 Å². The van der Waals surface area contributed by atoms with Crippen LogP contribution in [0.2, 0.25) is 5.02 Å². The molecule has 26 heavy (non-hydrogen) atoms. The minimum Gasteiger partial charge on any atom is -0.326 e. The zero-order valence-electron chi connectivity index (χ0n) is 14.4. The van der Waals surface area contributed by atoms with Gasteiger partial charge in [-0.3, -0.25) is 9.59 Å². The fraction of sp³-hybridized carbons (Fsp3) is 0.211. The first kappa shape index (κ1) is 18.5. The molecular formula is C19H18ClN3O2S. The highest BCUT2D eigenvalue weighted by Crippen LogP contribution is 2.27. The molecule has 7 heteroatoms. The number of aryl methyl sites for hydroxylation is 1. The highest BCUT2D eigenvalue weighted by atomic mass is 35.5. The van der Waals surface area contributed by atoms with Gasteiger partial charge in [0.25, 0.3) is 0 Å². The summed E-state index contributed by atoms with van der Waals surface area (Å²) in [5.41, 5.74) is 3.35. The van der Waals surface area contributed by atoms with Gasteiger partial charge in [-0.05, 0) is 43.7 Å². The maximum atomic E-state index is 12.3. The lowest BCUT2D eigenvalue weighted by molar-refractivity contribution is -0.122. The van der Waals surface area contributed by atoms with E-state index in [-0.39, 0.29) is 18.2 Å². The van der Waals surface area contributed by atoms with Crippen molar-refractivity contribution in [3.63, 3.8) is 0 Å². The smallest absolute Gasteiger partial charge is 0.240 e. The molecule has 2 aromatic rings. The van der Waals surface area contributed by atoms with Crippen LogP contribution in [-0.4, -0.2) is 22.2 Å². The number of amides is 2. The number of amidine groups is 1. The second kappa shape index (κ2) is 7.93. The number of rotatable bonds is 4. The highest BCUT2D eigenvalue weighted by Gasteiger charge is 2.32. The van der Waals surface area contributed by atoms with Gasteiger partial charge in [0.05, 0.1) is 5.69 Å². The molecule has 2 N–H and O–H groups in total. The van der Waals surface area contributed by atoms with Crippen LogP contribution in [-0.2, 0) is 9.59 Å². The van der Waals surface area contributed by atoms with E-state index in [9.17, 15) is 9.59 Å². The maximum absolute atomic E-state index is 12.3. The summed E-state index contributed by atoms with van der Waals surface area (Å²) in [7, 11) is 0. The van der Waals surface area contributed by atoms with Gasteiger partial charge in [0.15, 0.2) is 5.17 Å². The summed E-state index contributed by atoms with van der Waals surface area (Å²) in [6, 6.07) is 13.0. The summed E-state index contributed by atoms with van der Waals surface area (Å²) in [5.74, 6) is -0.446. The topological polar surface area (TPSA) is 70.6 Å². The lowest BCUT2D eigenvalue weighted by Gasteiger charge is -2.10. The molecule has 1 heterocycles. The van der Waals surface area contributed by atoms with Gasteiger partial charge >= 0.3 is 0 Å². The molecule has 1 saturated heterocycles. The number of carbonyl (C=O) groups excluding carboxylic acids is 2. The number of hydrogen-bond donors (Lipinski definition) is 2. The van der Waals surface area contributed by atoms with Crippen molar-refractivity contribution in [2.24, 2.45) is 4.99 Å². The van der Waals surface area contributed by atoms with Crippen LogP contribution in [0.3, 0.4) is 0 Å². The minimum atomic E-state index is -0.501. The van der Waals surface area contributed by atoms with Crippen LogP contribution in [0.5, 0.6) is 0 Å². The first-order chi connectivity index (χ1) is 12.4. The third-order valence-corrected chi connectivity index (χ3v) is 5.44. The Bertz CT molecular complexity index is 881. The Kier molecular flexibility index (Phi) is 5.64. The Morgan fingerprint density at radius 2 is 1.96 bits per heavy atom. The summed E-state index contributed by atoms with van der Waals surface area (Å²) >= 11 is 7.33. The summed E-state index contributed by atoms with van der Waals surface area (Å²) in [4.78, 5) is 28.8. The van der Waals surface area contributed by atoms with Crippen LogP contribution in [0.1, 0.15) is 17.5 Å².